The quantitative estimate of drug-likeness (QED) is 0.834. The van der Waals surface area contributed by atoms with Crippen LogP contribution in [0.5, 0.6) is 0 Å². The van der Waals surface area contributed by atoms with Crippen LogP contribution in [-0.2, 0) is 4.79 Å². The second-order valence-electron chi connectivity index (χ2n) is 2.40. The highest BCUT2D eigenvalue weighted by molar-refractivity contribution is 9.10. The van der Waals surface area contributed by atoms with Gasteiger partial charge < -0.3 is 5.32 Å². The Balaban J connectivity index is 2.79. The van der Waals surface area contributed by atoms with Crippen molar-refractivity contribution in [2.45, 2.75) is 13.3 Å². The van der Waals surface area contributed by atoms with E-state index in [1.807, 2.05) is 0 Å². The minimum Gasteiger partial charge on any atom is -0.325 e. The molecule has 70 valence electrons. The number of pyridine rings is 1. The average molecular weight is 264 g/mol. The summed E-state index contributed by atoms with van der Waals surface area (Å²) in [5.74, 6) is -0.0453. The largest absolute Gasteiger partial charge is 0.325 e. The molecule has 1 amide bonds. The van der Waals surface area contributed by atoms with Gasteiger partial charge in [-0.2, -0.15) is 0 Å². The Bertz CT molecular complexity index is 330. The third-order valence-corrected chi connectivity index (χ3v) is 2.54. The molecule has 0 bridgehead atoms. The summed E-state index contributed by atoms with van der Waals surface area (Å²) >= 11 is 8.89. The summed E-state index contributed by atoms with van der Waals surface area (Å²) < 4.78 is 0.670. The first kappa shape index (κ1) is 10.5. The Morgan fingerprint density at radius 2 is 2.46 bits per heavy atom. The maximum atomic E-state index is 11.0. The number of amides is 1. The number of halogens is 2. The minimum absolute atomic E-state index is 0.0453. The molecule has 0 atom stereocenters. The van der Waals surface area contributed by atoms with E-state index in [1.165, 1.54) is 6.20 Å². The summed E-state index contributed by atoms with van der Waals surface area (Å²) in [5.41, 5.74) is 0.642. The van der Waals surface area contributed by atoms with Crippen molar-refractivity contribution in [2.24, 2.45) is 0 Å². The SMILES string of the molecule is CCC(=O)Nc1cnc(Cl)c(Br)c1. The molecule has 1 aromatic rings. The number of aromatic nitrogens is 1. The first-order valence-corrected chi connectivity index (χ1v) is 4.91. The van der Waals surface area contributed by atoms with Crippen molar-refractivity contribution < 1.29 is 4.79 Å². The maximum absolute atomic E-state index is 11.0. The van der Waals surface area contributed by atoms with Crippen molar-refractivity contribution in [1.29, 1.82) is 0 Å². The Hall–Kier alpha value is -0.610. The fourth-order valence-corrected chi connectivity index (χ4v) is 1.19. The van der Waals surface area contributed by atoms with Crippen molar-refractivity contribution in [3.8, 4) is 0 Å². The van der Waals surface area contributed by atoms with Crippen LogP contribution in [0.25, 0.3) is 0 Å². The third kappa shape index (κ3) is 2.97. The van der Waals surface area contributed by atoms with E-state index >= 15 is 0 Å². The molecule has 1 aromatic heterocycles. The normalized spacial score (nSPS) is 9.77. The highest BCUT2D eigenvalue weighted by Crippen LogP contribution is 2.22. The number of hydrogen-bond acceptors (Lipinski definition) is 2. The van der Waals surface area contributed by atoms with Crippen LogP contribution in [0.3, 0.4) is 0 Å². The first-order chi connectivity index (χ1) is 6.13. The van der Waals surface area contributed by atoms with Crippen molar-refractivity contribution >= 4 is 39.1 Å². The van der Waals surface area contributed by atoms with Gasteiger partial charge in [-0.15, -0.1) is 0 Å². The fourth-order valence-electron chi connectivity index (χ4n) is 0.739. The second kappa shape index (κ2) is 4.58. The monoisotopic (exact) mass is 262 g/mol. The van der Waals surface area contributed by atoms with Crippen LogP contribution in [0.15, 0.2) is 16.7 Å². The Labute approximate surface area is 89.6 Å². The van der Waals surface area contributed by atoms with E-state index in [-0.39, 0.29) is 5.91 Å². The van der Waals surface area contributed by atoms with E-state index in [1.54, 1.807) is 13.0 Å². The summed E-state index contributed by atoms with van der Waals surface area (Å²) in [6.07, 6.45) is 1.96. The number of carbonyl (C=O) groups excluding carboxylic acids is 1. The molecule has 0 aliphatic rings. The number of rotatable bonds is 2. The van der Waals surface area contributed by atoms with Gasteiger partial charge in [0.15, 0.2) is 0 Å². The lowest BCUT2D eigenvalue weighted by Gasteiger charge is -2.03. The molecule has 5 heteroatoms. The Morgan fingerprint density at radius 1 is 1.77 bits per heavy atom. The zero-order valence-electron chi connectivity index (χ0n) is 6.97. The zero-order valence-corrected chi connectivity index (χ0v) is 9.32. The lowest BCUT2D eigenvalue weighted by atomic mass is 10.4. The molecule has 1 rings (SSSR count). The number of nitrogens with zero attached hydrogens (tertiary/aromatic N) is 1. The van der Waals surface area contributed by atoms with E-state index < -0.39 is 0 Å². The summed E-state index contributed by atoms with van der Waals surface area (Å²) in [4.78, 5) is 14.9. The fraction of sp³-hybridized carbons (Fsp3) is 0.250. The molecular formula is C8H8BrClN2O. The number of carbonyl (C=O) groups is 1. The van der Waals surface area contributed by atoms with Gasteiger partial charge in [0.2, 0.25) is 5.91 Å². The van der Waals surface area contributed by atoms with Crippen molar-refractivity contribution in [1.82, 2.24) is 4.98 Å². The molecular weight excluding hydrogens is 255 g/mol. The first-order valence-electron chi connectivity index (χ1n) is 3.74. The Kier molecular flexibility index (Phi) is 3.69. The topological polar surface area (TPSA) is 42.0 Å². The molecule has 13 heavy (non-hydrogen) atoms. The standard InChI is InChI=1S/C8H8BrClN2O/c1-2-7(13)12-5-3-6(9)8(10)11-4-5/h3-4H,2H2,1H3,(H,12,13). The van der Waals surface area contributed by atoms with Crippen LogP contribution in [0.1, 0.15) is 13.3 Å². The molecule has 3 nitrogen and oxygen atoms in total. The molecule has 1 heterocycles. The molecule has 0 aliphatic carbocycles. The van der Waals surface area contributed by atoms with Crippen LogP contribution < -0.4 is 5.32 Å². The van der Waals surface area contributed by atoms with Crippen LogP contribution in [0, 0.1) is 0 Å². The predicted octanol–water partition coefficient (Wildman–Crippen LogP) is 2.85. The summed E-state index contributed by atoms with van der Waals surface area (Å²) in [6, 6.07) is 1.71. The molecule has 0 aromatic carbocycles. The zero-order chi connectivity index (χ0) is 9.84. The smallest absolute Gasteiger partial charge is 0.224 e. The van der Waals surface area contributed by atoms with E-state index in [9.17, 15) is 4.79 Å². The van der Waals surface area contributed by atoms with Gasteiger partial charge in [-0.3, -0.25) is 4.79 Å². The second-order valence-corrected chi connectivity index (χ2v) is 3.61. The molecule has 1 N–H and O–H groups in total. The van der Waals surface area contributed by atoms with E-state index in [0.717, 1.165) is 0 Å². The van der Waals surface area contributed by atoms with Gasteiger partial charge in [-0.25, -0.2) is 4.98 Å². The molecule has 0 saturated carbocycles. The van der Waals surface area contributed by atoms with Gasteiger partial charge in [0.05, 0.1) is 16.4 Å². The molecule has 0 spiro atoms. The van der Waals surface area contributed by atoms with Crippen LogP contribution in [-0.4, -0.2) is 10.9 Å². The van der Waals surface area contributed by atoms with E-state index in [4.69, 9.17) is 11.6 Å². The van der Waals surface area contributed by atoms with Crippen LogP contribution in [0.2, 0.25) is 5.15 Å². The highest BCUT2D eigenvalue weighted by atomic mass is 79.9. The molecule has 0 aliphatic heterocycles. The Morgan fingerprint density at radius 3 is 3.00 bits per heavy atom. The minimum atomic E-state index is -0.0453. The number of anilines is 1. The van der Waals surface area contributed by atoms with E-state index in [2.05, 4.69) is 26.2 Å². The van der Waals surface area contributed by atoms with Crippen molar-refractivity contribution in [3.63, 3.8) is 0 Å². The lowest BCUT2D eigenvalue weighted by Crippen LogP contribution is -2.09. The molecule has 0 saturated heterocycles. The van der Waals surface area contributed by atoms with Gasteiger partial charge in [-0.1, -0.05) is 18.5 Å². The van der Waals surface area contributed by atoms with Gasteiger partial charge in [-0.05, 0) is 22.0 Å². The van der Waals surface area contributed by atoms with Crippen LogP contribution >= 0.6 is 27.5 Å². The molecule has 0 fully saturated rings. The third-order valence-electron chi connectivity index (χ3n) is 1.40. The number of nitrogens with one attached hydrogen (secondary N) is 1. The van der Waals surface area contributed by atoms with Crippen LogP contribution in [0.4, 0.5) is 5.69 Å². The lowest BCUT2D eigenvalue weighted by molar-refractivity contribution is -0.115. The van der Waals surface area contributed by atoms with Gasteiger partial charge in [0.25, 0.3) is 0 Å². The van der Waals surface area contributed by atoms with E-state index in [0.29, 0.717) is 21.7 Å². The predicted molar refractivity (Wildman–Crippen MR) is 55.9 cm³/mol. The average Bonchev–Trinajstić information content (AvgIpc) is 2.11. The highest BCUT2D eigenvalue weighted by Gasteiger charge is 2.02. The van der Waals surface area contributed by atoms with Gasteiger partial charge >= 0.3 is 0 Å². The molecule has 0 radical (unpaired) electrons. The van der Waals surface area contributed by atoms with Crippen molar-refractivity contribution in [3.05, 3.63) is 21.9 Å². The van der Waals surface area contributed by atoms with Gasteiger partial charge in [0, 0.05) is 6.42 Å². The van der Waals surface area contributed by atoms with Gasteiger partial charge in [0.1, 0.15) is 5.15 Å². The number of hydrogen-bond donors (Lipinski definition) is 1. The summed E-state index contributed by atoms with van der Waals surface area (Å²) in [5, 5.41) is 3.05. The summed E-state index contributed by atoms with van der Waals surface area (Å²) in [6.45, 7) is 1.79. The molecule has 0 unspecified atom stereocenters. The van der Waals surface area contributed by atoms with Crippen molar-refractivity contribution in [2.75, 3.05) is 5.32 Å². The summed E-state index contributed by atoms with van der Waals surface area (Å²) in [7, 11) is 0. The maximum Gasteiger partial charge on any atom is 0.224 e.